The zero-order chi connectivity index (χ0) is 11.7. The van der Waals surface area contributed by atoms with Crippen LogP contribution in [0.25, 0.3) is 5.57 Å². The highest BCUT2D eigenvalue weighted by molar-refractivity contribution is 5.72. The Bertz CT molecular complexity index is 353. The molecule has 0 aliphatic heterocycles. The molecule has 0 atom stereocenters. The molecule has 2 heteroatoms. The Morgan fingerprint density at radius 3 is 2.47 bits per heavy atom. The molecule has 0 N–H and O–H groups in total. The van der Waals surface area contributed by atoms with E-state index in [1.807, 2.05) is 13.8 Å². The maximum atomic E-state index is 12.7. The number of hydrogen-bond acceptors (Lipinski definition) is 1. The van der Waals surface area contributed by atoms with Crippen molar-refractivity contribution < 1.29 is 4.39 Å². The van der Waals surface area contributed by atoms with Gasteiger partial charge >= 0.3 is 0 Å². The maximum absolute atomic E-state index is 12.7. The van der Waals surface area contributed by atoms with E-state index in [-0.39, 0.29) is 0 Å². The molecule has 1 heterocycles. The average molecular weight is 205 g/mol. The zero-order valence-corrected chi connectivity index (χ0v) is 9.20. The van der Waals surface area contributed by atoms with E-state index >= 15 is 0 Å². The summed E-state index contributed by atoms with van der Waals surface area (Å²) in [6.07, 6.45) is 4.96. The second-order valence-corrected chi connectivity index (χ2v) is 2.41. The summed E-state index contributed by atoms with van der Waals surface area (Å²) in [6.45, 7) is 11.2. The fourth-order valence-corrected chi connectivity index (χ4v) is 0.954. The van der Waals surface area contributed by atoms with Crippen LogP contribution in [0.5, 0.6) is 0 Å². The summed E-state index contributed by atoms with van der Waals surface area (Å²) in [6, 6.07) is 4.64. The van der Waals surface area contributed by atoms with Gasteiger partial charge in [0.2, 0.25) is 5.95 Å². The number of aromatic nitrogens is 1. The molecule has 0 aliphatic rings. The fraction of sp³-hybridized carbons (Fsp3) is 0.154. The molecule has 1 aromatic rings. The molecular formula is C13H16FN. The molecule has 0 spiro atoms. The van der Waals surface area contributed by atoms with Crippen molar-refractivity contribution in [2.45, 2.75) is 13.8 Å². The molecule has 0 fully saturated rings. The Morgan fingerprint density at radius 2 is 2.00 bits per heavy atom. The van der Waals surface area contributed by atoms with Crippen LogP contribution >= 0.6 is 0 Å². The summed E-state index contributed by atoms with van der Waals surface area (Å²) >= 11 is 0. The van der Waals surface area contributed by atoms with Crippen molar-refractivity contribution >= 4 is 5.57 Å². The van der Waals surface area contributed by atoms with Gasteiger partial charge in [-0.2, -0.15) is 4.39 Å². The summed E-state index contributed by atoms with van der Waals surface area (Å²) in [5.74, 6) is -0.491. The van der Waals surface area contributed by atoms with Crippen molar-refractivity contribution in [2.24, 2.45) is 0 Å². The molecule has 15 heavy (non-hydrogen) atoms. The van der Waals surface area contributed by atoms with Crippen LogP contribution in [0, 0.1) is 5.95 Å². The van der Waals surface area contributed by atoms with Crippen molar-refractivity contribution in [2.75, 3.05) is 0 Å². The predicted octanol–water partition coefficient (Wildman–Crippen LogP) is 4.00. The predicted molar refractivity (Wildman–Crippen MR) is 63.9 cm³/mol. The van der Waals surface area contributed by atoms with Gasteiger partial charge in [0, 0.05) is 0 Å². The van der Waals surface area contributed by atoms with E-state index < -0.39 is 5.95 Å². The number of pyridine rings is 1. The average Bonchev–Trinajstić information content (AvgIpc) is 2.28. The van der Waals surface area contributed by atoms with Crippen LogP contribution in [-0.2, 0) is 0 Å². The number of hydrogen-bond donors (Lipinski definition) is 0. The quantitative estimate of drug-likeness (QED) is 0.537. The van der Waals surface area contributed by atoms with E-state index in [9.17, 15) is 4.39 Å². The largest absolute Gasteiger partial charge is 0.220 e. The van der Waals surface area contributed by atoms with Crippen LogP contribution in [-0.4, -0.2) is 4.98 Å². The van der Waals surface area contributed by atoms with Crippen molar-refractivity contribution in [1.82, 2.24) is 4.98 Å². The summed E-state index contributed by atoms with van der Waals surface area (Å²) in [5.41, 5.74) is 1.32. The molecule has 0 saturated heterocycles. The number of nitrogens with zero attached hydrogens (tertiary/aromatic N) is 1. The highest BCUT2D eigenvalue weighted by Gasteiger charge is 1.98. The highest BCUT2D eigenvalue weighted by Crippen LogP contribution is 2.12. The van der Waals surface area contributed by atoms with E-state index in [1.165, 1.54) is 6.07 Å². The first kappa shape index (κ1) is 13.3. The molecule has 0 aromatic carbocycles. The first-order chi connectivity index (χ1) is 7.27. The van der Waals surface area contributed by atoms with Gasteiger partial charge in [0.25, 0.3) is 0 Å². The Kier molecular flexibility index (Phi) is 6.81. The summed E-state index contributed by atoms with van der Waals surface area (Å²) in [7, 11) is 0. The van der Waals surface area contributed by atoms with Crippen LogP contribution in [0.3, 0.4) is 0 Å². The monoisotopic (exact) mass is 205 g/mol. The summed E-state index contributed by atoms with van der Waals surface area (Å²) in [5, 5.41) is 0. The third-order valence-electron chi connectivity index (χ3n) is 1.53. The van der Waals surface area contributed by atoms with Crippen LogP contribution in [0.4, 0.5) is 4.39 Å². The van der Waals surface area contributed by atoms with Crippen LogP contribution in [0.2, 0.25) is 0 Å². The molecule has 0 radical (unpaired) electrons. The van der Waals surface area contributed by atoms with E-state index in [2.05, 4.69) is 18.1 Å². The number of rotatable bonds is 3. The fourth-order valence-electron chi connectivity index (χ4n) is 0.954. The van der Waals surface area contributed by atoms with Crippen LogP contribution in [0.1, 0.15) is 19.5 Å². The van der Waals surface area contributed by atoms with Gasteiger partial charge in [-0.05, 0) is 17.7 Å². The third-order valence-corrected chi connectivity index (χ3v) is 1.53. The second kappa shape index (κ2) is 7.68. The van der Waals surface area contributed by atoms with Gasteiger partial charge in [-0.15, -0.1) is 0 Å². The Hall–Kier alpha value is -1.70. The topological polar surface area (TPSA) is 12.9 Å². The molecule has 0 unspecified atom stereocenters. The van der Waals surface area contributed by atoms with Crippen molar-refractivity contribution in [1.29, 1.82) is 0 Å². The second-order valence-electron chi connectivity index (χ2n) is 2.41. The van der Waals surface area contributed by atoms with Gasteiger partial charge in [-0.3, -0.25) is 0 Å². The van der Waals surface area contributed by atoms with Crippen LogP contribution in [0.15, 0.2) is 49.6 Å². The van der Waals surface area contributed by atoms with Gasteiger partial charge in [0.05, 0.1) is 5.69 Å². The lowest BCUT2D eigenvalue weighted by Crippen LogP contribution is -1.89. The Balaban J connectivity index is 0.000000921. The van der Waals surface area contributed by atoms with Crippen molar-refractivity contribution in [3.63, 3.8) is 0 Å². The smallest absolute Gasteiger partial charge is 0.213 e. The standard InChI is InChI=1S/C11H10FN.C2H6/c1-3-6-9(4-2)10-7-5-8-11(12)13-10;1-2/h3-8H,1-2H2;1-2H3/b9-6+;. The summed E-state index contributed by atoms with van der Waals surface area (Å²) in [4.78, 5) is 3.71. The Labute approximate surface area is 90.7 Å². The molecule has 1 nitrogen and oxygen atoms in total. The van der Waals surface area contributed by atoms with Gasteiger partial charge in [-0.1, -0.05) is 51.3 Å². The van der Waals surface area contributed by atoms with E-state index in [0.29, 0.717) is 5.69 Å². The molecular weight excluding hydrogens is 189 g/mol. The van der Waals surface area contributed by atoms with Crippen molar-refractivity contribution in [3.05, 3.63) is 61.2 Å². The minimum atomic E-state index is -0.491. The van der Waals surface area contributed by atoms with Crippen molar-refractivity contribution in [3.8, 4) is 0 Å². The zero-order valence-electron chi connectivity index (χ0n) is 9.20. The molecule has 1 rings (SSSR count). The first-order valence-corrected chi connectivity index (χ1v) is 4.86. The number of allylic oxidation sites excluding steroid dienone is 4. The van der Waals surface area contributed by atoms with Crippen LogP contribution < -0.4 is 0 Å². The minimum Gasteiger partial charge on any atom is -0.220 e. The highest BCUT2D eigenvalue weighted by atomic mass is 19.1. The lowest BCUT2D eigenvalue weighted by Gasteiger charge is -1.99. The number of halogens is 1. The van der Waals surface area contributed by atoms with E-state index in [1.54, 1.807) is 30.4 Å². The molecule has 0 saturated carbocycles. The first-order valence-electron chi connectivity index (χ1n) is 4.86. The van der Waals surface area contributed by atoms with E-state index in [4.69, 9.17) is 0 Å². The third kappa shape index (κ3) is 4.36. The van der Waals surface area contributed by atoms with Gasteiger partial charge in [-0.25, -0.2) is 4.98 Å². The molecule has 0 bridgehead atoms. The van der Waals surface area contributed by atoms with Gasteiger partial charge in [0.15, 0.2) is 0 Å². The summed E-state index contributed by atoms with van der Waals surface area (Å²) < 4.78 is 12.7. The van der Waals surface area contributed by atoms with E-state index in [0.717, 1.165) is 5.57 Å². The van der Waals surface area contributed by atoms with Gasteiger partial charge < -0.3 is 0 Å². The minimum absolute atomic E-state index is 0.491. The normalized spacial score (nSPS) is 9.93. The van der Waals surface area contributed by atoms with Gasteiger partial charge in [0.1, 0.15) is 0 Å². The maximum Gasteiger partial charge on any atom is 0.213 e. The Morgan fingerprint density at radius 1 is 1.33 bits per heavy atom. The lowest BCUT2D eigenvalue weighted by atomic mass is 10.1. The molecule has 0 aliphatic carbocycles. The molecule has 1 aromatic heterocycles. The molecule has 0 amide bonds. The molecule has 80 valence electrons. The lowest BCUT2D eigenvalue weighted by molar-refractivity contribution is 0.582. The SMILES string of the molecule is C=C/C=C(\C=C)c1cccc(F)n1.CC.